The van der Waals surface area contributed by atoms with Gasteiger partial charge in [0.25, 0.3) is 11.7 Å². The van der Waals surface area contributed by atoms with E-state index in [-0.39, 0.29) is 30.7 Å². The van der Waals surface area contributed by atoms with Crippen molar-refractivity contribution in [3.63, 3.8) is 0 Å². The SMILES string of the molecule is CC(C)[C@@H]1CC[C@@H](C)C[C@@]1(O)C(=O)NCCc1[nH]c2ccccc2[n+]1OC(=O)CC(O)(CC(=O)O)C(=O)O. The Bertz CT molecular complexity index is 1210. The second-order valence-corrected chi connectivity index (χ2v) is 10.6. The largest absolute Gasteiger partial charge is 0.481 e. The highest BCUT2D eigenvalue weighted by Gasteiger charge is 2.48. The molecule has 0 radical (unpaired) electrons. The number of carbonyl (C=O) groups excluding carboxylic acids is 2. The van der Waals surface area contributed by atoms with Crippen LogP contribution in [-0.2, 0) is 25.6 Å². The lowest BCUT2D eigenvalue weighted by Gasteiger charge is -2.43. The van der Waals surface area contributed by atoms with Crippen molar-refractivity contribution in [3.8, 4) is 0 Å². The fourth-order valence-corrected chi connectivity index (χ4v) is 5.29. The van der Waals surface area contributed by atoms with E-state index in [0.29, 0.717) is 23.3 Å². The number of fused-ring (bicyclic) bond motifs is 1. The Kier molecular flexibility index (Phi) is 8.78. The molecular formula is C26H36N3O9+. The van der Waals surface area contributed by atoms with Crippen molar-refractivity contribution in [1.82, 2.24) is 10.3 Å². The van der Waals surface area contributed by atoms with Gasteiger partial charge in [-0.15, -0.1) is 0 Å². The molecule has 0 aliphatic heterocycles. The van der Waals surface area contributed by atoms with E-state index in [4.69, 9.17) is 9.94 Å². The first-order chi connectivity index (χ1) is 17.8. The third-order valence-corrected chi connectivity index (χ3v) is 7.21. The number of nitrogens with one attached hydrogen (secondary N) is 2. The van der Waals surface area contributed by atoms with Crippen molar-refractivity contribution < 1.29 is 49.2 Å². The van der Waals surface area contributed by atoms with Gasteiger partial charge in [0.05, 0.1) is 19.3 Å². The molecule has 1 amide bonds. The van der Waals surface area contributed by atoms with Crippen LogP contribution in [0.5, 0.6) is 0 Å². The lowest BCUT2D eigenvalue weighted by atomic mass is 9.66. The van der Waals surface area contributed by atoms with Gasteiger partial charge in [0.2, 0.25) is 5.52 Å². The molecule has 1 fully saturated rings. The molecule has 2 aromatic rings. The zero-order valence-corrected chi connectivity index (χ0v) is 21.8. The van der Waals surface area contributed by atoms with Gasteiger partial charge >= 0.3 is 17.9 Å². The van der Waals surface area contributed by atoms with E-state index in [9.17, 15) is 34.5 Å². The molecule has 6 N–H and O–H groups in total. The number of carbonyl (C=O) groups is 4. The maximum absolute atomic E-state index is 13.1. The maximum atomic E-state index is 13.1. The second kappa shape index (κ2) is 11.5. The summed E-state index contributed by atoms with van der Waals surface area (Å²) < 4.78 is 1.13. The van der Waals surface area contributed by atoms with Crippen molar-refractivity contribution in [3.05, 3.63) is 30.1 Å². The molecule has 38 heavy (non-hydrogen) atoms. The molecule has 1 aromatic carbocycles. The summed E-state index contributed by atoms with van der Waals surface area (Å²) in [7, 11) is 0. The predicted octanol–water partition coefficient (Wildman–Crippen LogP) is 0.573. The summed E-state index contributed by atoms with van der Waals surface area (Å²) in [6.07, 6.45) is -0.0565. The van der Waals surface area contributed by atoms with Gasteiger partial charge in [-0.05, 0) is 47.5 Å². The molecule has 0 spiro atoms. The van der Waals surface area contributed by atoms with Crippen molar-refractivity contribution in [2.45, 2.75) is 70.5 Å². The number of carboxylic acids is 2. The topological polar surface area (TPSA) is 190 Å². The molecule has 12 nitrogen and oxygen atoms in total. The molecule has 0 bridgehead atoms. The summed E-state index contributed by atoms with van der Waals surface area (Å²) in [5.41, 5.74) is -3.32. The fraction of sp³-hybridized carbons (Fsp3) is 0.577. The van der Waals surface area contributed by atoms with Gasteiger partial charge in [0.1, 0.15) is 5.60 Å². The maximum Gasteiger partial charge on any atom is 0.361 e. The van der Waals surface area contributed by atoms with Crippen LogP contribution in [0.4, 0.5) is 0 Å². The number of aromatic amines is 1. The number of hydrogen-bond donors (Lipinski definition) is 6. The first-order valence-electron chi connectivity index (χ1n) is 12.7. The fourth-order valence-electron chi connectivity index (χ4n) is 5.29. The van der Waals surface area contributed by atoms with Gasteiger partial charge in [0, 0.05) is 6.54 Å². The average Bonchev–Trinajstić information content (AvgIpc) is 3.15. The molecular weight excluding hydrogens is 498 g/mol. The van der Waals surface area contributed by atoms with Gasteiger partial charge in [-0.2, -0.15) is 0 Å². The van der Waals surface area contributed by atoms with Crippen LogP contribution in [0.2, 0.25) is 0 Å². The Morgan fingerprint density at radius 1 is 1.18 bits per heavy atom. The number of aliphatic hydroxyl groups is 2. The lowest BCUT2D eigenvalue weighted by molar-refractivity contribution is -0.854. The number of imidazole rings is 1. The normalized spacial score (nSPS) is 23.1. The van der Waals surface area contributed by atoms with Crippen molar-refractivity contribution in [2.24, 2.45) is 17.8 Å². The summed E-state index contributed by atoms with van der Waals surface area (Å²) in [5.74, 6) is -4.56. The Hall–Kier alpha value is -3.51. The van der Waals surface area contributed by atoms with Crippen LogP contribution >= 0.6 is 0 Å². The number of H-pyrrole nitrogens is 1. The Morgan fingerprint density at radius 3 is 2.50 bits per heavy atom. The predicted molar refractivity (Wildman–Crippen MR) is 133 cm³/mol. The first-order valence-corrected chi connectivity index (χ1v) is 12.7. The van der Waals surface area contributed by atoms with Gasteiger partial charge in [-0.3, -0.25) is 14.4 Å². The molecule has 208 valence electrons. The van der Waals surface area contributed by atoms with E-state index >= 15 is 0 Å². The number of nitrogens with zero attached hydrogens (tertiary/aromatic N) is 1. The molecule has 1 unspecified atom stereocenters. The second-order valence-electron chi connectivity index (χ2n) is 10.6. The van der Waals surface area contributed by atoms with Crippen LogP contribution < -0.4 is 14.9 Å². The molecule has 4 atom stereocenters. The Morgan fingerprint density at radius 2 is 1.87 bits per heavy atom. The Balaban J connectivity index is 1.76. The van der Waals surface area contributed by atoms with Crippen LogP contribution in [0, 0.1) is 17.8 Å². The molecule has 12 heteroatoms. The van der Waals surface area contributed by atoms with Crippen LogP contribution in [0.3, 0.4) is 0 Å². The number of aromatic nitrogens is 2. The zero-order valence-electron chi connectivity index (χ0n) is 21.8. The Labute approximate surface area is 219 Å². The number of amides is 1. The molecule has 1 heterocycles. The van der Waals surface area contributed by atoms with Gasteiger partial charge in [-0.25, -0.2) is 14.6 Å². The van der Waals surface area contributed by atoms with E-state index in [1.807, 2.05) is 20.8 Å². The average molecular weight is 535 g/mol. The lowest BCUT2D eigenvalue weighted by Crippen LogP contribution is -2.57. The summed E-state index contributed by atoms with van der Waals surface area (Å²) >= 11 is 0. The minimum atomic E-state index is -2.84. The van der Waals surface area contributed by atoms with Crippen LogP contribution in [0.15, 0.2) is 24.3 Å². The highest BCUT2D eigenvalue weighted by molar-refractivity contribution is 5.88. The molecule has 1 aliphatic rings. The quantitative estimate of drug-likeness (QED) is 0.224. The minimum absolute atomic E-state index is 0.1000. The molecule has 0 saturated heterocycles. The summed E-state index contributed by atoms with van der Waals surface area (Å²) in [5, 5.41) is 42.5. The van der Waals surface area contributed by atoms with E-state index in [0.717, 1.165) is 17.6 Å². The third kappa shape index (κ3) is 6.30. The van der Waals surface area contributed by atoms with Gasteiger partial charge < -0.3 is 25.7 Å². The van der Waals surface area contributed by atoms with Gasteiger partial charge in [0.15, 0.2) is 11.1 Å². The number of rotatable bonds is 11. The van der Waals surface area contributed by atoms with Crippen LogP contribution in [0.1, 0.15) is 58.7 Å². The highest BCUT2D eigenvalue weighted by Crippen LogP contribution is 2.41. The third-order valence-electron chi connectivity index (χ3n) is 7.21. The van der Waals surface area contributed by atoms with Crippen LogP contribution in [0.25, 0.3) is 11.0 Å². The summed E-state index contributed by atoms with van der Waals surface area (Å²) in [6, 6.07) is 6.80. The summed E-state index contributed by atoms with van der Waals surface area (Å²) in [4.78, 5) is 56.6. The monoisotopic (exact) mass is 534 g/mol. The number of hydrogen-bond acceptors (Lipinski definition) is 7. The number of para-hydroxylation sites is 2. The van der Waals surface area contributed by atoms with E-state index in [2.05, 4.69) is 10.3 Å². The minimum Gasteiger partial charge on any atom is -0.481 e. The summed E-state index contributed by atoms with van der Waals surface area (Å²) in [6.45, 7) is 6.09. The van der Waals surface area contributed by atoms with Gasteiger partial charge in [-0.1, -0.05) is 39.3 Å². The molecule has 1 aromatic heterocycles. The van der Waals surface area contributed by atoms with E-state index in [1.165, 1.54) is 0 Å². The number of benzene rings is 1. The van der Waals surface area contributed by atoms with E-state index in [1.54, 1.807) is 24.3 Å². The van der Waals surface area contributed by atoms with Crippen molar-refractivity contribution in [2.75, 3.05) is 6.54 Å². The standard InChI is InChI=1S/C26H35N3O9/c1-15(2)17-9-8-16(3)12-26(17,37)23(33)27-11-10-20-28-18-6-4-5-7-19(18)29(20)38-22(32)14-25(36,24(34)35)13-21(30)31/h4-7,15-17,36-37H,8-14H2,1-3H3,(H3,27,30,31,33,34,35)/p+1/t16-,17+,25?,26+/m1/s1. The van der Waals surface area contributed by atoms with Crippen molar-refractivity contribution >= 4 is 34.8 Å². The van der Waals surface area contributed by atoms with Crippen LogP contribution in [-0.4, -0.2) is 67.0 Å². The molecule has 3 rings (SSSR count). The number of carboxylic acid groups (broad SMARTS) is 2. The molecule has 1 saturated carbocycles. The molecule has 1 aliphatic carbocycles. The van der Waals surface area contributed by atoms with Crippen molar-refractivity contribution in [1.29, 1.82) is 0 Å². The number of aliphatic carboxylic acids is 2. The van der Waals surface area contributed by atoms with E-state index < -0.39 is 47.9 Å². The zero-order chi connectivity index (χ0) is 28.3. The first kappa shape index (κ1) is 29.1. The smallest absolute Gasteiger partial charge is 0.361 e. The highest BCUT2D eigenvalue weighted by atomic mass is 16.7.